The molecule has 0 aromatic heterocycles. The lowest BCUT2D eigenvalue weighted by atomic mass is 9.96. The van der Waals surface area contributed by atoms with E-state index in [0.29, 0.717) is 12.8 Å². The molecule has 3 aliphatic rings. The number of aliphatic hydroxyl groups excluding tert-OH is 11. The number of ether oxygens (including phenoxy) is 6. The summed E-state index contributed by atoms with van der Waals surface area (Å²) in [5.41, 5.74) is 0. The van der Waals surface area contributed by atoms with Crippen molar-refractivity contribution in [3.8, 4) is 0 Å². The molecule has 0 radical (unpaired) electrons. The van der Waals surface area contributed by atoms with Crippen molar-refractivity contribution in [3.05, 3.63) is 60.8 Å². The number of carbonyl (C=O) groups excluding carboxylic acids is 1. The van der Waals surface area contributed by atoms with Crippen LogP contribution in [0.5, 0.6) is 0 Å². The molecule has 0 spiro atoms. The number of hydrogen-bond acceptors (Lipinski definition) is 18. The predicted molar refractivity (Wildman–Crippen MR) is 369 cm³/mol. The maximum atomic E-state index is 13.4. The molecule has 0 aromatic rings. The molecule has 17 unspecified atom stereocenters. The molecule has 0 saturated carbocycles. The van der Waals surface area contributed by atoms with Gasteiger partial charge in [-0.2, -0.15) is 0 Å². The molecule has 3 rings (SSSR count). The molecule has 3 aliphatic heterocycles. The first-order valence-corrected chi connectivity index (χ1v) is 37.5. The Balaban J connectivity index is 1.30. The van der Waals surface area contributed by atoms with Crippen molar-refractivity contribution in [2.45, 2.75) is 381 Å². The molecule has 12 N–H and O–H groups in total. The smallest absolute Gasteiger partial charge is 0.220 e. The van der Waals surface area contributed by atoms with Crippen LogP contribution in [0.1, 0.15) is 277 Å². The van der Waals surface area contributed by atoms with Gasteiger partial charge in [0, 0.05) is 6.42 Å². The van der Waals surface area contributed by atoms with Crippen LogP contribution in [0.25, 0.3) is 0 Å². The second-order valence-corrected chi connectivity index (χ2v) is 26.7. The summed E-state index contributed by atoms with van der Waals surface area (Å²) in [4.78, 5) is 13.4. The van der Waals surface area contributed by atoms with Crippen LogP contribution in [0.4, 0.5) is 0 Å². The Morgan fingerprint density at radius 1 is 0.394 bits per heavy atom. The van der Waals surface area contributed by atoms with E-state index in [0.717, 1.165) is 77.0 Å². The van der Waals surface area contributed by atoms with Gasteiger partial charge in [0.2, 0.25) is 5.91 Å². The molecule has 548 valence electrons. The van der Waals surface area contributed by atoms with Crippen LogP contribution < -0.4 is 5.32 Å². The summed E-state index contributed by atoms with van der Waals surface area (Å²) >= 11 is 0. The summed E-state index contributed by atoms with van der Waals surface area (Å²) in [6.45, 7) is 1.69. The molecule has 3 heterocycles. The summed E-state index contributed by atoms with van der Waals surface area (Å²) in [5.74, 6) is -0.241. The second kappa shape index (κ2) is 56.3. The van der Waals surface area contributed by atoms with Gasteiger partial charge < -0.3 is 89.9 Å². The summed E-state index contributed by atoms with van der Waals surface area (Å²) in [5, 5.41) is 121. The summed E-state index contributed by atoms with van der Waals surface area (Å²) < 4.78 is 34.4. The molecular weight excluding hydrogens is 1200 g/mol. The number of aliphatic hydroxyl groups is 11. The lowest BCUT2D eigenvalue weighted by Gasteiger charge is -2.48. The molecule has 3 fully saturated rings. The monoisotopic (exact) mass is 1340 g/mol. The topological polar surface area (TPSA) is 307 Å². The first kappa shape index (κ1) is 85.7. The number of unbranched alkanes of at least 4 members (excludes halogenated alkanes) is 32. The molecule has 1 amide bonds. The molecule has 0 aliphatic carbocycles. The average Bonchev–Trinajstić information content (AvgIpc) is 0.794. The summed E-state index contributed by atoms with van der Waals surface area (Å²) in [6, 6.07) is -0.886. The minimum absolute atomic E-state index is 0.241. The molecule has 0 aromatic carbocycles. The van der Waals surface area contributed by atoms with Gasteiger partial charge in [-0.3, -0.25) is 4.79 Å². The van der Waals surface area contributed by atoms with Crippen molar-refractivity contribution in [1.29, 1.82) is 0 Å². The predicted octanol–water partition coefficient (Wildman–Crippen LogP) is 11.1. The van der Waals surface area contributed by atoms with Crippen LogP contribution in [0.15, 0.2) is 60.8 Å². The largest absolute Gasteiger partial charge is 0.394 e. The van der Waals surface area contributed by atoms with Crippen LogP contribution in [0.2, 0.25) is 0 Å². The number of rotatable bonds is 58. The van der Waals surface area contributed by atoms with E-state index in [-0.39, 0.29) is 18.9 Å². The zero-order valence-electron chi connectivity index (χ0n) is 58.2. The van der Waals surface area contributed by atoms with Crippen molar-refractivity contribution in [1.82, 2.24) is 5.32 Å². The second-order valence-electron chi connectivity index (χ2n) is 26.7. The minimum Gasteiger partial charge on any atom is -0.394 e. The summed E-state index contributed by atoms with van der Waals surface area (Å²) in [7, 11) is 0. The van der Waals surface area contributed by atoms with E-state index < -0.39 is 124 Å². The fourth-order valence-electron chi connectivity index (χ4n) is 12.6. The average molecular weight is 1340 g/mol. The van der Waals surface area contributed by atoms with Gasteiger partial charge in [0.1, 0.15) is 73.2 Å². The Kier molecular flexibility index (Phi) is 51.3. The van der Waals surface area contributed by atoms with E-state index >= 15 is 0 Å². The SMILES string of the molecule is CC/C=C\C/C=C\C/C=C\C/C=C\C/C=C\CCCCCCCCCCCCCCCCCCCCCCCC(=O)NC(COC1OC(CO)C(OC2OC(CO)C(OC3OC(CO)C(O)C(O)C3O)C(O)C2O)C(O)C1O)C(O)CCCCCCCCCCCCCC. The molecule has 3 saturated heterocycles. The van der Waals surface area contributed by atoms with Gasteiger partial charge in [0.25, 0.3) is 0 Å². The molecule has 94 heavy (non-hydrogen) atoms. The highest BCUT2D eigenvalue weighted by Crippen LogP contribution is 2.33. The first-order valence-electron chi connectivity index (χ1n) is 37.5. The minimum atomic E-state index is -1.97. The lowest BCUT2D eigenvalue weighted by Crippen LogP contribution is -2.66. The zero-order valence-corrected chi connectivity index (χ0v) is 58.2. The Labute approximate surface area is 566 Å². The third kappa shape index (κ3) is 37.1. The molecule has 19 nitrogen and oxygen atoms in total. The van der Waals surface area contributed by atoms with Gasteiger partial charge in [-0.15, -0.1) is 0 Å². The normalized spacial score (nSPS) is 27.7. The first-order chi connectivity index (χ1) is 45.8. The highest BCUT2D eigenvalue weighted by atomic mass is 16.8. The standard InChI is InChI=1S/C75H135NO18/c1-3-5-7-9-11-13-15-17-18-19-20-21-22-23-24-25-26-27-28-29-30-31-32-33-34-35-36-37-38-39-40-41-43-45-47-49-51-53-63(81)76-58(59(80)52-50-48-46-44-42-16-14-12-10-8-6-4-2)57-89-73-69(87)66(84)71(61(55-78)91-73)94-75-70(88)67(85)72(62(56-79)92-75)93-74-68(86)65(83)64(82)60(54-77)90-74/h5,7,11,13,17-18,20-21,23-24,58-62,64-75,77-80,82-88H,3-4,6,8-10,12,14-16,19,22,25-57H2,1-2H3,(H,76,81)/b7-5-,13-11-,18-17-,21-20-,24-23-. The number of hydrogen-bond donors (Lipinski definition) is 12. The van der Waals surface area contributed by atoms with Crippen LogP contribution >= 0.6 is 0 Å². The fourth-order valence-corrected chi connectivity index (χ4v) is 12.6. The van der Waals surface area contributed by atoms with Crippen LogP contribution in [-0.4, -0.2) is 193 Å². The quantitative estimate of drug-likeness (QED) is 0.0199. The summed E-state index contributed by atoms with van der Waals surface area (Å²) in [6.07, 6.45) is 43.3. The number of nitrogens with one attached hydrogen (secondary N) is 1. The maximum absolute atomic E-state index is 13.4. The molecule has 19 heteroatoms. The fraction of sp³-hybridized carbons (Fsp3) is 0.853. The van der Waals surface area contributed by atoms with Gasteiger partial charge in [0.05, 0.1) is 38.6 Å². The third-order valence-electron chi connectivity index (χ3n) is 18.6. The van der Waals surface area contributed by atoms with Gasteiger partial charge in [-0.05, 0) is 57.8 Å². The van der Waals surface area contributed by atoms with Gasteiger partial charge in [-0.25, -0.2) is 0 Å². The lowest BCUT2D eigenvalue weighted by molar-refractivity contribution is -0.379. The Bertz CT molecular complexity index is 1940. The van der Waals surface area contributed by atoms with E-state index in [1.165, 1.54) is 167 Å². The van der Waals surface area contributed by atoms with Crippen molar-refractivity contribution in [2.75, 3.05) is 26.4 Å². The zero-order chi connectivity index (χ0) is 68.2. The maximum Gasteiger partial charge on any atom is 0.220 e. The van der Waals surface area contributed by atoms with Crippen molar-refractivity contribution < 1.29 is 89.4 Å². The van der Waals surface area contributed by atoms with Gasteiger partial charge in [0.15, 0.2) is 18.9 Å². The number of carbonyl (C=O) groups is 1. The van der Waals surface area contributed by atoms with Crippen molar-refractivity contribution >= 4 is 5.91 Å². The molecule has 17 atom stereocenters. The molecular formula is C75H135NO18. The van der Waals surface area contributed by atoms with Crippen LogP contribution in [-0.2, 0) is 33.2 Å². The highest BCUT2D eigenvalue weighted by molar-refractivity contribution is 5.76. The van der Waals surface area contributed by atoms with E-state index in [4.69, 9.17) is 28.4 Å². The van der Waals surface area contributed by atoms with E-state index in [1.807, 2.05) is 0 Å². The Hall–Kier alpha value is -2.51. The number of allylic oxidation sites excluding steroid dienone is 10. The van der Waals surface area contributed by atoms with Crippen molar-refractivity contribution in [2.24, 2.45) is 0 Å². The van der Waals surface area contributed by atoms with E-state index in [2.05, 4.69) is 79.9 Å². The van der Waals surface area contributed by atoms with Gasteiger partial charge >= 0.3 is 0 Å². The van der Waals surface area contributed by atoms with E-state index in [9.17, 15) is 61.0 Å². The molecule has 0 bridgehead atoms. The van der Waals surface area contributed by atoms with Crippen molar-refractivity contribution in [3.63, 3.8) is 0 Å². The third-order valence-corrected chi connectivity index (χ3v) is 18.6. The van der Waals surface area contributed by atoms with Crippen LogP contribution in [0, 0.1) is 0 Å². The van der Waals surface area contributed by atoms with Crippen LogP contribution in [0.3, 0.4) is 0 Å². The Morgan fingerprint density at radius 3 is 1.15 bits per heavy atom. The Morgan fingerprint density at radius 2 is 0.734 bits per heavy atom. The highest BCUT2D eigenvalue weighted by Gasteiger charge is 2.53. The number of amides is 1. The van der Waals surface area contributed by atoms with E-state index in [1.54, 1.807) is 0 Å². The van der Waals surface area contributed by atoms with Gasteiger partial charge in [-0.1, -0.05) is 274 Å².